The molecule has 0 spiro atoms. The van der Waals surface area contributed by atoms with Crippen molar-refractivity contribution in [3.05, 3.63) is 87.8 Å². The summed E-state index contributed by atoms with van der Waals surface area (Å²) in [6.45, 7) is 1.80. The summed E-state index contributed by atoms with van der Waals surface area (Å²) in [5.74, 6) is 0.636. The molecule has 35 heavy (non-hydrogen) atoms. The van der Waals surface area contributed by atoms with Crippen molar-refractivity contribution >= 4 is 55.2 Å². The van der Waals surface area contributed by atoms with Gasteiger partial charge in [-0.1, -0.05) is 15.9 Å². The van der Waals surface area contributed by atoms with Gasteiger partial charge in [0.25, 0.3) is 5.91 Å². The van der Waals surface area contributed by atoms with Crippen LogP contribution in [-0.2, 0) is 0 Å². The Morgan fingerprint density at radius 3 is 2.46 bits per heavy atom. The third-order valence-electron chi connectivity index (χ3n) is 5.75. The van der Waals surface area contributed by atoms with Crippen LogP contribution in [0.1, 0.15) is 32.2 Å². The minimum absolute atomic E-state index is 0.192. The highest BCUT2D eigenvalue weighted by atomic mass is 79.9. The third kappa shape index (κ3) is 4.17. The number of anilines is 1. The summed E-state index contributed by atoms with van der Waals surface area (Å²) in [6, 6.07) is 17.4. The number of amides is 1. The zero-order valence-corrected chi connectivity index (χ0v) is 20.7. The number of aryl methyl sites for hydroxylation is 1. The first-order chi connectivity index (χ1) is 16.9. The molecular weight excluding hydrogens is 514 g/mol. The van der Waals surface area contributed by atoms with Crippen LogP contribution in [0.5, 0.6) is 11.5 Å². The molecule has 0 aliphatic rings. The highest BCUT2D eigenvalue weighted by Crippen LogP contribution is 2.33. The van der Waals surface area contributed by atoms with Crippen molar-refractivity contribution in [1.82, 2.24) is 0 Å². The van der Waals surface area contributed by atoms with Gasteiger partial charge >= 0.3 is 0 Å². The van der Waals surface area contributed by atoms with Gasteiger partial charge in [0, 0.05) is 26.5 Å². The van der Waals surface area contributed by atoms with Gasteiger partial charge in [-0.05, 0) is 67.6 Å². The molecule has 2 heterocycles. The third-order valence-corrected chi connectivity index (χ3v) is 6.25. The Morgan fingerprint density at radius 1 is 0.886 bits per heavy atom. The molecule has 5 rings (SSSR count). The average molecular weight is 534 g/mol. The molecule has 8 heteroatoms. The number of carbonyl (C=O) groups is 2. The first-order valence-corrected chi connectivity index (χ1v) is 11.5. The fourth-order valence-corrected chi connectivity index (χ4v) is 4.33. The topological polar surface area (TPSA) is 90.9 Å². The Bertz CT molecular complexity index is 1610. The smallest absolute Gasteiger partial charge is 0.291 e. The summed E-state index contributed by atoms with van der Waals surface area (Å²) < 4.78 is 23.1. The van der Waals surface area contributed by atoms with E-state index < -0.39 is 0 Å². The van der Waals surface area contributed by atoms with Crippen molar-refractivity contribution in [3.63, 3.8) is 0 Å². The summed E-state index contributed by atoms with van der Waals surface area (Å²) >= 11 is 3.42. The van der Waals surface area contributed by atoms with Crippen molar-refractivity contribution in [2.45, 2.75) is 6.92 Å². The van der Waals surface area contributed by atoms with Gasteiger partial charge in [0.1, 0.15) is 22.7 Å². The molecule has 176 valence electrons. The molecule has 0 atom stereocenters. The lowest BCUT2D eigenvalue weighted by molar-refractivity contribution is 0.0994. The molecular formula is C27H20BrNO6. The maximum absolute atomic E-state index is 13.3. The van der Waals surface area contributed by atoms with E-state index in [9.17, 15) is 9.59 Å². The van der Waals surface area contributed by atoms with Crippen molar-refractivity contribution in [1.29, 1.82) is 0 Å². The van der Waals surface area contributed by atoms with Crippen LogP contribution in [0.25, 0.3) is 21.9 Å². The Labute approximate surface area is 208 Å². The van der Waals surface area contributed by atoms with Crippen LogP contribution >= 0.6 is 15.9 Å². The van der Waals surface area contributed by atoms with Crippen LogP contribution in [0.3, 0.4) is 0 Å². The molecule has 0 saturated heterocycles. The van der Waals surface area contributed by atoms with Gasteiger partial charge in [-0.2, -0.15) is 0 Å². The number of nitrogens with one attached hydrogen (secondary N) is 1. The monoisotopic (exact) mass is 533 g/mol. The number of fused-ring (bicyclic) bond motifs is 2. The molecule has 5 aromatic rings. The van der Waals surface area contributed by atoms with Crippen LogP contribution in [0.4, 0.5) is 5.69 Å². The molecule has 1 N–H and O–H groups in total. The molecule has 0 fully saturated rings. The van der Waals surface area contributed by atoms with E-state index in [2.05, 4.69) is 21.2 Å². The SMILES string of the molecule is COc1ccc(OC)c(C(=O)c2oc3ccc(NC(=O)c4cc5cc(Br)ccc5o4)cc3c2C)c1. The van der Waals surface area contributed by atoms with Crippen LogP contribution in [-0.4, -0.2) is 25.9 Å². The number of methoxy groups -OCH3 is 2. The van der Waals surface area contributed by atoms with Crippen molar-refractivity contribution in [3.8, 4) is 11.5 Å². The minimum Gasteiger partial charge on any atom is -0.497 e. The highest BCUT2D eigenvalue weighted by molar-refractivity contribution is 9.10. The van der Waals surface area contributed by atoms with Gasteiger partial charge in [-0.25, -0.2) is 0 Å². The quantitative estimate of drug-likeness (QED) is 0.243. The van der Waals surface area contributed by atoms with Crippen LogP contribution in [0.2, 0.25) is 0 Å². The average Bonchev–Trinajstić information content (AvgIpc) is 3.44. The van der Waals surface area contributed by atoms with E-state index in [1.165, 1.54) is 14.2 Å². The standard InChI is InChI=1S/C27H20BrNO6/c1-14-19-12-17(29-27(31)24-11-15-10-16(28)4-7-21(15)34-24)5-8-23(19)35-26(14)25(30)20-13-18(32-2)6-9-22(20)33-3/h4-13H,1-3H3,(H,29,31). The molecule has 7 nitrogen and oxygen atoms in total. The normalized spacial score (nSPS) is 11.1. The van der Waals surface area contributed by atoms with E-state index in [4.69, 9.17) is 18.3 Å². The molecule has 0 radical (unpaired) electrons. The number of halogens is 1. The maximum atomic E-state index is 13.3. The second-order valence-electron chi connectivity index (χ2n) is 7.91. The summed E-state index contributed by atoms with van der Waals surface area (Å²) in [5.41, 5.74) is 2.68. The molecule has 1 amide bonds. The van der Waals surface area contributed by atoms with Crippen molar-refractivity contribution < 1.29 is 27.9 Å². The Morgan fingerprint density at radius 2 is 1.69 bits per heavy atom. The van der Waals surface area contributed by atoms with E-state index in [-0.39, 0.29) is 23.2 Å². The lowest BCUT2D eigenvalue weighted by atomic mass is 10.0. The summed E-state index contributed by atoms with van der Waals surface area (Å²) in [7, 11) is 3.03. The van der Waals surface area contributed by atoms with Gasteiger partial charge in [0.05, 0.1) is 19.8 Å². The van der Waals surface area contributed by atoms with E-state index in [1.54, 1.807) is 55.5 Å². The molecule has 0 aliphatic heterocycles. The Hall–Kier alpha value is -4.04. The van der Waals surface area contributed by atoms with Crippen molar-refractivity contribution in [2.24, 2.45) is 0 Å². The van der Waals surface area contributed by atoms with Gasteiger partial charge in [-0.3, -0.25) is 9.59 Å². The summed E-state index contributed by atoms with van der Waals surface area (Å²) in [4.78, 5) is 26.1. The van der Waals surface area contributed by atoms with Gasteiger partial charge in [0.2, 0.25) is 5.78 Å². The number of benzene rings is 3. The molecule has 0 aliphatic carbocycles. The maximum Gasteiger partial charge on any atom is 0.291 e. The second-order valence-corrected chi connectivity index (χ2v) is 8.83. The van der Waals surface area contributed by atoms with Gasteiger partial charge in [-0.15, -0.1) is 0 Å². The lowest BCUT2D eigenvalue weighted by Gasteiger charge is -2.08. The first-order valence-electron chi connectivity index (χ1n) is 10.7. The minimum atomic E-state index is -0.379. The largest absolute Gasteiger partial charge is 0.497 e. The van der Waals surface area contributed by atoms with Crippen LogP contribution in [0.15, 0.2) is 74.0 Å². The molecule has 3 aromatic carbocycles. The predicted molar refractivity (Wildman–Crippen MR) is 136 cm³/mol. The molecule has 0 saturated carbocycles. The zero-order chi connectivity index (χ0) is 24.7. The fourth-order valence-electron chi connectivity index (χ4n) is 3.95. The number of furan rings is 2. The molecule has 0 unspecified atom stereocenters. The van der Waals surface area contributed by atoms with E-state index in [1.807, 2.05) is 12.1 Å². The van der Waals surface area contributed by atoms with Crippen molar-refractivity contribution in [2.75, 3.05) is 19.5 Å². The number of ketones is 1. The first kappa shape index (κ1) is 22.7. The number of hydrogen-bond donors (Lipinski definition) is 1. The Kier molecular flexibility index (Phi) is 5.82. The summed E-state index contributed by atoms with van der Waals surface area (Å²) in [5, 5.41) is 4.38. The second kappa shape index (κ2) is 8.96. The van der Waals surface area contributed by atoms with E-state index in [0.717, 1.165) is 9.86 Å². The van der Waals surface area contributed by atoms with Gasteiger partial charge < -0.3 is 23.6 Å². The zero-order valence-electron chi connectivity index (χ0n) is 19.1. The van der Waals surface area contributed by atoms with Crippen LogP contribution in [0, 0.1) is 6.92 Å². The Balaban J connectivity index is 1.46. The van der Waals surface area contributed by atoms with Crippen LogP contribution < -0.4 is 14.8 Å². The fraction of sp³-hybridized carbons (Fsp3) is 0.111. The predicted octanol–water partition coefficient (Wildman–Crippen LogP) is 6.75. The molecule has 0 bridgehead atoms. The lowest BCUT2D eigenvalue weighted by Crippen LogP contribution is -2.10. The summed E-state index contributed by atoms with van der Waals surface area (Å²) in [6.07, 6.45) is 0. The molecule has 2 aromatic heterocycles. The number of carbonyl (C=O) groups excluding carboxylic acids is 2. The van der Waals surface area contributed by atoms with E-state index in [0.29, 0.717) is 44.9 Å². The number of ether oxygens (including phenoxy) is 2. The van der Waals surface area contributed by atoms with Gasteiger partial charge in [0.15, 0.2) is 11.5 Å². The number of hydrogen-bond acceptors (Lipinski definition) is 6. The van der Waals surface area contributed by atoms with E-state index >= 15 is 0 Å². The number of rotatable bonds is 6. The highest BCUT2D eigenvalue weighted by Gasteiger charge is 2.23.